The van der Waals surface area contributed by atoms with Crippen LogP contribution in [0.15, 0.2) is 24.3 Å². The van der Waals surface area contributed by atoms with Gasteiger partial charge in [-0.05, 0) is 12.0 Å². The van der Waals surface area contributed by atoms with Crippen LogP contribution in [0.4, 0.5) is 0 Å². The summed E-state index contributed by atoms with van der Waals surface area (Å²) in [4.78, 5) is 0. The molecule has 1 aliphatic heterocycles. The van der Waals surface area contributed by atoms with Crippen molar-refractivity contribution in [2.45, 2.75) is 25.9 Å². The van der Waals surface area contributed by atoms with Crippen LogP contribution in [-0.4, -0.2) is 14.8 Å². The standard InChI is InChI=1S/C12H14N4/c13-8-9-3-5-10(6-4-9)12-15-14-11-2-1-7-16(11)12/h3-6H,1-2,7-8,13H2. The van der Waals surface area contributed by atoms with Crippen LogP contribution in [0.2, 0.25) is 0 Å². The van der Waals surface area contributed by atoms with Crippen molar-refractivity contribution in [2.24, 2.45) is 5.73 Å². The minimum atomic E-state index is 0.582. The molecule has 2 aromatic rings. The lowest BCUT2D eigenvalue weighted by molar-refractivity contribution is 0.748. The summed E-state index contributed by atoms with van der Waals surface area (Å²) < 4.78 is 2.21. The highest BCUT2D eigenvalue weighted by Gasteiger charge is 2.17. The van der Waals surface area contributed by atoms with Gasteiger partial charge in [-0.2, -0.15) is 0 Å². The van der Waals surface area contributed by atoms with Gasteiger partial charge >= 0.3 is 0 Å². The summed E-state index contributed by atoms with van der Waals surface area (Å²) in [5.74, 6) is 2.09. The SMILES string of the molecule is NCc1ccc(-c2nnc3n2CCC3)cc1. The lowest BCUT2D eigenvalue weighted by Crippen LogP contribution is -1.98. The molecule has 0 unspecified atom stereocenters. The summed E-state index contributed by atoms with van der Waals surface area (Å²) in [5, 5.41) is 8.45. The maximum absolute atomic E-state index is 5.58. The zero-order valence-corrected chi connectivity index (χ0v) is 9.06. The van der Waals surface area contributed by atoms with Crippen molar-refractivity contribution < 1.29 is 0 Å². The first-order valence-electron chi connectivity index (χ1n) is 5.60. The largest absolute Gasteiger partial charge is 0.326 e. The third kappa shape index (κ3) is 1.42. The molecule has 2 heterocycles. The van der Waals surface area contributed by atoms with Crippen LogP contribution in [0.1, 0.15) is 17.8 Å². The Morgan fingerprint density at radius 3 is 2.75 bits per heavy atom. The van der Waals surface area contributed by atoms with Crippen molar-refractivity contribution in [3.63, 3.8) is 0 Å². The first kappa shape index (κ1) is 9.54. The number of benzene rings is 1. The number of hydrogen-bond donors (Lipinski definition) is 1. The fraction of sp³-hybridized carbons (Fsp3) is 0.333. The van der Waals surface area contributed by atoms with E-state index in [1.165, 1.54) is 6.42 Å². The molecule has 4 nitrogen and oxygen atoms in total. The Labute approximate surface area is 94.1 Å². The van der Waals surface area contributed by atoms with Crippen LogP contribution in [-0.2, 0) is 19.5 Å². The smallest absolute Gasteiger partial charge is 0.163 e. The predicted octanol–water partition coefficient (Wildman–Crippen LogP) is 1.35. The molecule has 16 heavy (non-hydrogen) atoms. The monoisotopic (exact) mass is 214 g/mol. The molecule has 1 aliphatic rings. The third-order valence-corrected chi connectivity index (χ3v) is 3.06. The van der Waals surface area contributed by atoms with Crippen molar-refractivity contribution in [1.29, 1.82) is 0 Å². The zero-order valence-electron chi connectivity index (χ0n) is 9.06. The normalized spacial score (nSPS) is 14.1. The van der Waals surface area contributed by atoms with E-state index in [0.29, 0.717) is 6.54 Å². The van der Waals surface area contributed by atoms with E-state index in [1.807, 2.05) is 12.1 Å². The van der Waals surface area contributed by atoms with E-state index in [-0.39, 0.29) is 0 Å². The highest BCUT2D eigenvalue weighted by atomic mass is 15.3. The summed E-state index contributed by atoms with van der Waals surface area (Å²) >= 11 is 0. The van der Waals surface area contributed by atoms with Gasteiger partial charge in [-0.3, -0.25) is 0 Å². The van der Waals surface area contributed by atoms with Gasteiger partial charge in [-0.1, -0.05) is 24.3 Å². The predicted molar refractivity (Wildman–Crippen MR) is 61.7 cm³/mol. The third-order valence-electron chi connectivity index (χ3n) is 3.06. The Morgan fingerprint density at radius 2 is 2.00 bits per heavy atom. The molecule has 4 heteroatoms. The number of rotatable bonds is 2. The second-order valence-corrected chi connectivity index (χ2v) is 4.10. The first-order chi connectivity index (χ1) is 7.88. The van der Waals surface area contributed by atoms with E-state index in [9.17, 15) is 0 Å². The number of nitrogens with two attached hydrogens (primary N) is 1. The number of nitrogens with zero attached hydrogens (tertiary/aromatic N) is 3. The van der Waals surface area contributed by atoms with Crippen LogP contribution in [0.25, 0.3) is 11.4 Å². The Balaban J connectivity index is 2.01. The number of fused-ring (bicyclic) bond motifs is 1. The Hall–Kier alpha value is -1.68. The van der Waals surface area contributed by atoms with Gasteiger partial charge in [0.05, 0.1) is 0 Å². The molecule has 0 saturated heterocycles. The quantitative estimate of drug-likeness (QED) is 0.821. The summed E-state index contributed by atoms with van der Waals surface area (Å²) in [5.41, 5.74) is 7.84. The molecular weight excluding hydrogens is 200 g/mol. The molecule has 0 radical (unpaired) electrons. The number of aromatic nitrogens is 3. The molecule has 1 aromatic carbocycles. The van der Waals surface area contributed by atoms with Crippen LogP contribution in [0.3, 0.4) is 0 Å². The van der Waals surface area contributed by atoms with Crippen LogP contribution in [0, 0.1) is 0 Å². The average molecular weight is 214 g/mol. The topological polar surface area (TPSA) is 56.7 Å². The highest BCUT2D eigenvalue weighted by Crippen LogP contribution is 2.23. The molecular formula is C12H14N4. The van der Waals surface area contributed by atoms with Crippen molar-refractivity contribution in [1.82, 2.24) is 14.8 Å². The van der Waals surface area contributed by atoms with Crippen molar-refractivity contribution >= 4 is 0 Å². The molecule has 82 valence electrons. The van der Waals surface area contributed by atoms with Crippen molar-refractivity contribution in [2.75, 3.05) is 0 Å². The molecule has 0 saturated carbocycles. The van der Waals surface area contributed by atoms with Crippen LogP contribution >= 0.6 is 0 Å². The lowest BCUT2D eigenvalue weighted by atomic mass is 10.1. The fourth-order valence-electron chi connectivity index (χ4n) is 2.15. The van der Waals surface area contributed by atoms with E-state index >= 15 is 0 Å². The molecule has 0 fully saturated rings. The van der Waals surface area contributed by atoms with Crippen LogP contribution in [0.5, 0.6) is 0 Å². The maximum Gasteiger partial charge on any atom is 0.163 e. The Bertz CT molecular complexity index is 498. The summed E-state index contributed by atoms with van der Waals surface area (Å²) in [6.45, 7) is 1.62. The van der Waals surface area contributed by atoms with E-state index in [1.54, 1.807) is 0 Å². The average Bonchev–Trinajstić information content (AvgIpc) is 2.91. The lowest BCUT2D eigenvalue weighted by Gasteiger charge is -2.03. The zero-order chi connectivity index (χ0) is 11.0. The molecule has 0 bridgehead atoms. The van der Waals surface area contributed by atoms with Gasteiger partial charge in [0.1, 0.15) is 5.82 Å². The van der Waals surface area contributed by atoms with Crippen molar-refractivity contribution in [3.05, 3.63) is 35.7 Å². The fourth-order valence-corrected chi connectivity index (χ4v) is 2.15. The van der Waals surface area contributed by atoms with Gasteiger partial charge in [-0.25, -0.2) is 0 Å². The maximum atomic E-state index is 5.58. The van der Waals surface area contributed by atoms with Gasteiger partial charge in [0.25, 0.3) is 0 Å². The van der Waals surface area contributed by atoms with Gasteiger partial charge in [-0.15, -0.1) is 10.2 Å². The molecule has 0 amide bonds. The van der Waals surface area contributed by atoms with E-state index in [2.05, 4.69) is 26.9 Å². The highest BCUT2D eigenvalue weighted by molar-refractivity contribution is 5.56. The van der Waals surface area contributed by atoms with Gasteiger partial charge in [0.15, 0.2) is 5.82 Å². The molecule has 2 N–H and O–H groups in total. The van der Waals surface area contributed by atoms with Crippen molar-refractivity contribution in [3.8, 4) is 11.4 Å². The first-order valence-corrected chi connectivity index (χ1v) is 5.60. The second kappa shape index (κ2) is 3.72. The minimum absolute atomic E-state index is 0.582. The van der Waals surface area contributed by atoms with Gasteiger partial charge in [0, 0.05) is 25.1 Å². The summed E-state index contributed by atoms with van der Waals surface area (Å²) in [6, 6.07) is 8.23. The number of aryl methyl sites for hydroxylation is 1. The molecule has 0 spiro atoms. The van der Waals surface area contributed by atoms with E-state index < -0.39 is 0 Å². The molecule has 0 atom stereocenters. The van der Waals surface area contributed by atoms with Gasteiger partial charge < -0.3 is 10.3 Å². The van der Waals surface area contributed by atoms with E-state index in [0.717, 1.165) is 35.7 Å². The molecule has 0 aliphatic carbocycles. The Morgan fingerprint density at radius 1 is 1.19 bits per heavy atom. The second-order valence-electron chi connectivity index (χ2n) is 4.10. The molecule has 3 rings (SSSR count). The van der Waals surface area contributed by atoms with Crippen LogP contribution < -0.4 is 5.73 Å². The summed E-state index contributed by atoms with van der Waals surface area (Å²) in [6.07, 6.45) is 2.23. The number of hydrogen-bond acceptors (Lipinski definition) is 3. The van der Waals surface area contributed by atoms with Gasteiger partial charge in [0.2, 0.25) is 0 Å². The molecule has 1 aromatic heterocycles. The summed E-state index contributed by atoms with van der Waals surface area (Å²) in [7, 11) is 0. The van der Waals surface area contributed by atoms with E-state index in [4.69, 9.17) is 5.73 Å². The Kier molecular flexibility index (Phi) is 2.22. The minimum Gasteiger partial charge on any atom is -0.326 e.